The Morgan fingerprint density at radius 2 is 2.12 bits per heavy atom. The molecule has 3 rings (SSSR count). The van der Waals surface area contributed by atoms with Gasteiger partial charge in [-0.1, -0.05) is 0 Å². The van der Waals surface area contributed by atoms with Crippen molar-refractivity contribution in [3.05, 3.63) is 29.2 Å². The number of nitrogens with one attached hydrogen (secondary N) is 2. The van der Waals surface area contributed by atoms with E-state index >= 15 is 0 Å². The molecule has 3 heterocycles. The van der Waals surface area contributed by atoms with Gasteiger partial charge in [0.05, 0.1) is 24.0 Å². The lowest BCUT2D eigenvalue weighted by molar-refractivity contribution is 0.184. The van der Waals surface area contributed by atoms with Gasteiger partial charge >= 0.3 is 0 Å². The van der Waals surface area contributed by atoms with Gasteiger partial charge in [0.15, 0.2) is 0 Å². The van der Waals surface area contributed by atoms with E-state index in [0.29, 0.717) is 6.61 Å². The second kappa shape index (κ2) is 7.79. The fourth-order valence-corrected chi connectivity index (χ4v) is 3.11. The van der Waals surface area contributed by atoms with Gasteiger partial charge in [0.1, 0.15) is 5.82 Å². The molecule has 1 unspecified atom stereocenters. The van der Waals surface area contributed by atoms with Crippen LogP contribution >= 0.6 is 0 Å². The Kier molecular flexibility index (Phi) is 5.50. The molecule has 0 amide bonds. The van der Waals surface area contributed by atoms with Crippen LogP contribution in [0.15, 0.2) is 12.3 Å². The highest BCUT2D eigenvalue weighted by molar-refractivity contribution is 5.53. The van der Waals surface area contributed by atoms with Gasteiger partial charge in [0.2, 0.25) is 5.95 Å². The molecule has 25 heavy (non-hydrogen) atoms. The molecule has 2 aromatic rings. The van der Waals surface area contributed by atoms with Crippen molar-refractivity contribution in [2.45, 2.75) is 18.9 Å². The van der Waals surface area contributed by atoms with Gasteiger partial charge < -0.3 is 20.3 Å². The van der Waals surface area contributed by atoms with Crippen LogP contribution in [0.25, 0.3) is 0 Å². The van der Waals surface area contributed by atoms with Crippen LogP contribution in [0, 0.1) is 0 Å². The number of ether oxygens (including phenoxy) is 1. The highest BCUT2D eigenvalue weighted by Crippen LogP contribution is 2.26. The zero-order valence-corrected chi connectivity index (χ0v) is 15.4. The monoisotopic (exact) mass is 345 g/mol. The molecule has 0 saturated heterocycles. The van der Waals surface area contributed by atoms with Crippen LogP contribution in [0.3, 0.4) is 0 Å². The first-order valence-electron chi connectivity index (χ1n) is 8.61. The number of fused-ring (bicyclic) bond motifs is 1. The lowest BCUT2D eigenvalue weighted by Gasteiger charge is -2.23. The van der Waals surface area contributed by atoms with Crippen molar-refractivity contribution in [2.24, 2.45) is 7.05 Å². The molecule has 0 spiro atoms. The number of hydrogen-bond donors (Lipinski definition) is 2. The smallest absolute Gasteiger partial charge is 0.227 e. The predicted molar refractivity (Wildman–Crippen MR) is 98.1 cm³/mol. The van der Waals surface area contributed by atoms with Crippen molar-refractivity contribution in [2.75, 3.05) is 51.1 Å². The van der Waals surface area contributed by atoms with Crippen LogP contribution in [0.4, 0.5) is 11.8 Å². The lowest BCUT2D eigenvalue weighted by atomic mass is 10.1. The number of methoxy groups -OCH3 is 1. The summed E-state index contributed by atoms with van der Waals surface area (Å²) in [5.74, 6) is 1.62. The first kappa shape index (κ1) is 17.6. The molecule has 1 atom stereocenters. The van der Waals surface area contributed by atoms with E-state index in [9.17, 15) is 0 Å². The summed E-state index contributed by atoms with van der Waals surface area (Å²) in [7, 11) is 7.58. The number of hydrogen-bond acceptors (Lipinski definition) is 7. The largest absolute Gasteiger partial charge is 0.382 e. The lowest BCUT2D eigenvalue weighted by Crippen LogP contribution is -2.23. The van der Waals surface area contributed by atoms with Crippen molar-refractivity contribution in [1.29, 1.82) is 0 Å². The second-order valence-corrected chi connectivity index (χ2v) is 6.47. The number of nitrogens with zero attached hydrogens (tertiary/aromatic N) is 5. The summed E-state index contributed by atoms with van der Waals surface area (Å²) in [5, 5.41) is 11.3. The minimum Gasteiger partial charge on any atom is -0.382 e. The van der Waals surface area contributed by atoms with Gasteiger partial charge in [-0.05, 0) is 19.0 Å². The maximum absolute atomic E-state index is 5.43. The standard InChI is InChI=1S/C17H27N7O/c1-23(2)17-21-13-6-9-18-8-5-12(13)16(22-17)20-14(11-25-4)15-7-10-19-24(15)3/h7,10,14,18H,5-6,8-9,11H2,1-4H3,(H,20,21,22). The Morgan fingerprint density at radius 1 is 1.32 bits per heavy atom. The molecule has 8 nitrogen and oxygen atoms in total. The number of rotatable bonds is 6. The molecule has 0 aromatic carbocycles. The molecule has 8 heteroatoms. The first-order chi connectivity index (χ1) is 12.1. The van der Waals surface area contributed by atoms with E-state index in [4.69, 9.17) is 14.7 Å². The highest BCUT2D eigenvalue weighted by Gasteiger charge is 2.22. The Labute approximate surface area is 148 Å². The molecule has 2 aromatic heterocycles. The SMILES string of the molecule is COCC(Nc1nc(N(C)C)nc2c1CCNCC2)c1ccnn1C. The molecule has 1 aliphatic rings. The zero-order valence-electron chi connectivity index (χ0n) is 15.4. The van der Waals surface area contributed by atoms with Crippen LogP contribution < -0.4 is 15.5 Å². The Morgan fingerprint density at radius 3 is 2.80 bits per heavy atom. The van der Waals surface area contributed by atoms with Gasteiger partial charge in [0.25, 0.3) is 0 Å². The fraction of sp³-hybridized carbons (Fsp3) is 0.588. The molecule has 136 valence electrons. The average Bonchev–Trinajstić information content (AvgIpc) is 2.87. The summed E-state index contributed by atoms with van der Waals surface area (Å²) < 4.78 is 7.30. The van der Waals surface area contributed by atoms with Crippen molar-refractivity contribution in [3.8, 4) is 0 Å². The summed E-state index contributed by atoms with van der Waals surface area (Å²) in [6.07, 6.45) is 3.62. The van der Waals surface area contributed by atoms with E-state index in [1.165, 1.54) is 5.56 Å². The molecular weight excluding hydrogens is 318 g/mol. The molecule has 0 fully saturated rings. The first-order valence-corrected chi connectivity index (χ1v) is 8.61. The topological polar surface area (TPSA) is 80.1 Å². The van der Waals surface area contributed by atoms with Crippen LogP contribution in [-0.4, -0.2) is 60.6 Å². The van der Waals surface area contributed by atoms with Gasteiger partial charge in [-0.3, -0.25) is 4.68 Å². The molecular formula is C17H27N7O. The maximum atomic E-state index is 5.43. The quantitative estimate of drug-likeness (QED) is 0.800. The molecule has 0 bridgehead atoms. The zero-order chi connectivity index (χ0) is 17.8. The number of aryl methyl sites for hydroxylation is 1. The minimum atomic E-state index is -0.0253. The molecule has 2 N–H and O–H groups in total. The Balaban J connectivity index is 1.99. The van der Waals surface area contributed by atoms with Gasteiger partial charge in [-0.15, -0.1) is 0 Å². The van der Waals surface area contributed by atoms with Crippen LogP contribution in [0.2, 0.25) is 0 Å². The van der Waals surface area contributed by atoms with E-state index in [0.717, 1.165) is 49.1 Å². The number of aromatic nitrogens is 4. The van der Waals surface area contributed by atoms with Crippen LogP contribution in [-0.2, 0) is 24.6 Å². The van der Waals surface area contributed by atoms with Crippen molar-refractivity contribution in [3.63, 3.8) is 0 Å². The minimum absolute atomic E-state index is 0.0253. The van der Waals surface area contributed by atoms with Crippen molar-refractivity contribution in [1.82, 2.24) is 25.1 Å². The number of anilines is 2. The van der Waals surface area contributed by atoms with Crippen molar-refractivity contribution >= 4 is 11.8 Å². The summed E-state index contributed by atoms with van der Waals surface area (Å²) in [6, 6.07) is 1.98. The third-order valence-electron chi connectivity index (χ3n) is 4.43. The van der Waals surface area contributed by atoms with E-state index in [-0.39, 0.29) is 6.04 Å². The fourth-order valence-electron chi connectivity index (χ4n) is 3.11. The van der Waals surface area contributed by atoms with Crippen LogP contribution in [0.1, 0.15) is 23.0 Å². The average molecular weight is 345 g/mol. The maximum Gasteiger partial charge on any atom is 0.227 e. The predicted octanol–water partition coefficient (Wildman–Crippen LogP) is 0.764. The molecule has 0 saturated carbocycles. The van der Waals surface area contributed by atoms with E-state index < -0.39 is 0 Å². The second-order valence-electron chi connectivity index (χ2n) is 6.47. The van der Waals surface area contributed by atoms with Crippen molar-refractivity contribution < 1.29 is 4.74 Å². The highest BCUT2D eigenvalue weighted by atomic mass is 16.5. The molecule has 1 aliphatic heterocycles. The third-order valence-corrected chi connectivity index (χ3v) is 4.43. The Bertz CT molecular complexity index is 713. The summed E-state index contributed by atoms with van der Waals surface area (Å²) in [5.41, 5.74) is 3.37. The summed E-state index contributed by atoms with van der Waals surface area (Å²) in [6.45, 7) is 2.42. The van der Waals surface area contributed by atoms with E-state index in [1.54, 1.807) is 13.3 Å². The Hall–Kier alpha value is -2.19. The summed E-state index contributed by atoms with van der Waals surface area (Å²) in [4.78, 5) is 11.5. The van der Waals surface area contributed by atoms with Gasteiger partial charge in [-0.2, -0.15) is 10.1 Å². The van der Waals surface area contributed by atoms with E-state index in [2.05, 4.69) is 15.7 Å². The summed E-state index contributed by atoms with van der Waals surface area (Å²) >= 11 is 0. The third kappa shape index (κ3) is 3.91. The normalized spacial score (nSPS) is 15.4. The van der Waals surface area contributed by atoms with Gasteiger partial charge in [0, 0.05) is 53.0 Å². The van der Waals surface area contributed by atoms with Crippen LogP contribution in [0.5, 0.6) is 0 Å². The van der Waals surface area contributed by atoms with Gasteiger partial charge in [-0.25, -0.2) is 4.98 Å². The van der Waals surface area contributed by atoms with E-state index in [1.807, 2.05) is 36.8 Å². The molecule has 0 radical (unpaired) electrons. The molecule has 0 aliphatic carbocycles.